The van der Waals surface area contributed by atoms with Crippen LogP contribution in [-0.2, 0) is 0 Å². The third-order valence-corrected chi connectivity index (χ3v) is 4.11. The first kappa shape index (κ1) is 14.7. The van der Waals surface area contributed by atoms with E-state index in [0.29, 0.717) is 20.9 Å². The predicted octanol–water partition coefficient (Wildman–Crippen LogP) is 3.21. The average molecular weight is 376 g/mol. The summed E-state index contributed by atoms with van der Waals surface area (Å²) in [6.07, 6.45) is 0. The van der Waals surface area contributed by atoms with Crippen LogP contribution in [0.25, 0.3) is 10.9 Å². The molecule has 0 saturated heterocycles. The normalized spacial score (nSPS) is 10.6. The van der Waals surface area contributed by atoms with Crippen LogP contribution < -0.4 is 11.0 Å². The Morgan fingerprint density at radius 1 is 1.14 bits per heavy atom. The first-order valence-corrected chi connectivity index (χ1v) is 7.58. The molecule has 0 bridgehead atoms. The second-order valence-corrected chi connectivity index (χ2v) is 5.78. The van der Waals surface area contributed by atoms with Crippen molar-refractivity contribution in [2.45, 2.75) is 0 Å². The van der Waals surface area contributed by atoms with Crippen LogP contribution in [0.1, 0.15) is 10.4 Å². The van der Waals surface area contributed by atoms with Crippen LogP contribution in [0.3, 0.4) is 0 Å². The highest BCUT2D eigenvalue weighted by molar-refractivity contribution is 9.10. The number of carbonyl (C=O) groups excluding carboxylic acids is 1. The molecule has 110 valence electrons. The zero-order valence-electron chi connectivity index (χ0n) is 11.2. The number of nitrogens with zero attached hydrogens (tertiary/aromatic N) is 1. The van der Waals surface area contributed by atoms with Crippen LogP contribution in [0.5, 0.6) is 0 Å². The van der Waals surface area contributed by atoms with E-state index in [1.807, 2.05) is 0 Å². The minimum atomic E-state index is -0.427. The van der Waals surface area contributed by atoms with Crippen LogP contribution in [0, 0.1) is 4.77 Å². The van der Waals surface area contributed by atoms with Crippen molar-refractivity contribution < 1.29 is 4.79 Å². The number of para-hydroxylation sites is 1. The van der Waals surface area contributed by atoms with Crippen molar-refractivity contribution in [2.75, 3.05) is 5.43 Å². The van der Waals surface area contributed by atoms with Gasteiger partial charge in [-0.1, -0.05) is 24.3 Å². The van der Waals surface area contributed by atoms with Crippen LogP contribution in [0.4, 0.5) is 0 Å². The fourth-order valence-corrected chi connectivity index (χ4v) is 2.77. The number of fused-ring (bicyclic) bond motifs is 1. The third kappa shape index (κ3) is 2.60. The highest BCUT2D eigenvalue weighted by Gasteiger charge is 2.12. The lowest BCUT2D eigenvalue weighted by molar-refractivity contribution is 0.101. The lowest BCUT2D eigenvalue weighted by Crippen LogP contribution is -2.34. The van der Waals surface area contributed by atoms with Gasteiger partial charge in [0.1, 0.15) is 0 Å². The lowest BCUT2D eigenvalue weighted by Gasteiger charge is -2.10. The Morgan fingerprint density at radius 2 is 1.82 bits per heavy atom. The molecule has 0 saturated carbocycles. The molecule has 5 nitrogen and oxygen atoms in total. The van der Waals surface area contributed by atoms with Gasteiger partial charge in [-0.2, -0.15) is 4.68 Å². The summed E-state index contributed by atoms with van der Waals surface area (Å²) in [4.78, 5) is 27.7. The van der Waals surface area contributed by atoms with Crippen LogP contribution in [-0.4, -0.2) is 15.6 Å². The topological polar surface area (TPSA) is 66.9 Å². The smallest absolute Gasteiger partial charge is 0.281 e. The summed E-state index contributed by atoms with van der Waals surface area (Å²) < 4.78 is 1.81. The van der Waals surface area contributed by atoms with Gasteiger partial charge in [0.25, 0.3) is 11.5 Å². The lowest BCUT2D eigenvalue weighted by atomic mass is 10.2. The molecule has 0 aliphatic rings. The first-order valence-electron chi connectivity index (χ1n) is 6.38. The molecule has 3 rings (SSSR count). The minimum Gasteiger partial charge on any atom is -0.330 e. The van der Waals surface area contributed by atoms with E-state index in [4.69, 9.17) is 12.2 Å². The molecule has 7 heteroatoms. The molecule has 0 fully saturated rings. The molecule has 0 aliphatic carbocycles. The molecule has 1 heterocycles. The molecule has 2 aromatic carbocycles. The predicted molar refractivity (Wildman–Crippen MR) is 91.2 cm³/mol. The van der Waals surface area contributed by atoms with Gasteiger partial charge in [-0.25, -0.2) is 0 Å². The SMILES string of the molecule is O=C(Nn1c(=S)[nH]c2ccccc2c1=O)c1ccccc1Br. The number of benzene rings is 2. The summed E-state index contributed by atoms with van der Waals surface area (Å²) in [5.74, 6) is -0.427. The Hall–Kier alpha value is -2.25. The zero-order valence-corrected chi connectivity index (χ0v) is 13.6. The molecule has 1 amide bonds. The highest BCUT2D eigenvalue weighted by Crippen LogP contribution is 2.15. The molecule has 0 unspecified atom stereocenters. The number of carbonyl (C=O) groups is 1. The second kappa shape index (κ2) is 5.86. The monoisotopic (exact) mass is 375 g/mol. The molecule has 0 radical (unpaired) electrons. The molecular weight excluding hydrogens is 366 g/mol. The van der Waals surface area contributed by atoms with E-state index in [9.17, 15) is 9.59 Å². The van der Waals surface area contributed by atoms with E-state index >= 15 is 0 Å². The molecule has 0 aliphatic heterocycles. The van der Waals surface area contributed by atoms with E-state index in [-0.39, 0.29) is 10.3 Å². The summed E-state index contributed by atoms with van der Waals surface area (Å²) in [5, 5.41) is 0.448. The van der Waals surface area contributed by atoms with Gasteiger partial charge in [0.05, 0.1) is 16.5 Å². The number of H-pyrrole nitrogens is 1. The maximum atomic E-state index is 12.5. The first-order chi connectivity index (χ1) is 10.6. The van der Waals surface area contributed by atoms with Gasteiger partial charge in [0.2, 0.25) is 0 Å². The number of nitrogens with one attached hydrogen (secondary N) is 2. The molecular formula is C15H10BrN3O2S. The quantitative estimate of drug-likeness (QED) is 0.675. The number of halogens is 1. The van der Waals surface area contributed by atoms with Crippen LogP contribution in [0.15, 0.2) is 57.8 Å². The maximum absolute atomic E-state index is 12.5. The summed E-state index contributed by atoms with van der Waals surface area (Å²) in [6, 6.07) is 13.9. The van der Waals surface area contributed by atoms with Gasteiger partial charge >= 0.3 is 0 Å². The van der Waals surface area contributed by atoms with Crippen LogP contribution >= 0.6 is 28.1 Å². The number of hydrogen-bond donors (Lipinski definition) is 2. The second-order valence-electron chi connectivity index (χ2n) is 4.54. The fourth-order valence-electron chi connectivity index (χ4n) is 2.07. The number of hydrogen-bond acceptors (Lipinski definition) is 3. The van der Waals surface area contributed by atoms with E-state index < -0.39 is 5.91 Å². The van der Waals surface area contributed by atoms with Crippen molar-refractivity contribution >= 4 is 45.0 Å². The fraction of sp³-hybridized carbons (Fsp3) is 0. The average Bonchev–Trinajstić information content (AvgIpc) is 2.51. The van der Waals surface area contributed by atoms with Crippen molar-refractivity contribution in [1.29, 1.82) is 0 Å². The molecule has 3 aromatic rings. The zero-order chi connectivity index (χ0) is 15.7. The third-order valence-electron chi connectivity index (χ3n) is 3.14. The molecule has 2 N–H and O–H groups in total. The van der Waals surface area contributed by atoms with Gasteiger partial charge in [-0.05, 0) is 52.4 Å². The Kier molecular flexibility index (Phi) is 3.91. The maximum Gasteiger partial charge on any atom is 0.281 e. The van der Waals surface area contributed by atoms with Gasteiger partial charge in [0.15, 0.2) is 4.77 Å². The number of aromatic nitrogens is 2. The van der Waals surface area contributed by atoms with Crippen molar-refractivity contribution in [2.24, 2.45) is 0 Å². The van der Waals surface area contributed by atoms with Crippen LogP contribution in [0.2, 0.25) is 0 Å². The molecule has 1 aromatic heterocycles. The van der Waals surface area contributed by atoms with Gasteiger partial charge in [0, 0.05) is 4.47 Å². The number of aromatic amines is 1. The Labute approximate surface area is 138 Å². The number of amides is 1. The molecule has 22 heavy (non-hydrogen) atoms. The molecule has 0 atom stereocenters. The van der Waals surface area contributed by atoms with E-state index in [0.717, 1.165) is 4.68 Å². The van der Waals surface area contributed by atoms with Gasteiger partial charge < -0.3 is 4.98 Å². The van der Waals surface area contributed by atoms with Gasteiger partial charge in [-0.15, -0.1) is 0 Å². The summed E-state index contributed by atoms with van der Waals surface area (Å²) in [7, 11) is 0. The largest absolute Gasteiger partial charge is 0.330 e. The van der Waals surface area contributed by atoms with Crippen molar-refractivity contribution in [3.63, 3.8) is 0 Å². The van der Waals surface area contributed by atoms with E-state index in [1.165, 1.54) is 0 Å². The van der Waals surface area contributed by atoms with E-state index in [2.05, 4.69) is 26.3 Å². The summed E-state index contributed by atoms with van der Waals surface area (Å²) >= 11 is 8.45. The Bertz CT molecular complexity index is 994. The molecule has 0 spiro atoms. The standard InChI is InChI=1S/C15H10BrN3O2S/c16-11-7-3-1-5-9(11)13(20)18-19-14(21)10-6-2-4-8-12(10)17-15(19)22/h1-8H,(H,17,22)(H,18,20). The minimum absolute atomic E-state index is 0.129. The van der Waals surface area contributed by atoms with Crippen molar-refractivity contribution in [3.05, 3.63) is 73.7 Å². The summed E-state index contributed by atoms with van der Waals surface area (Å²) in [5.41, 5.74) is 3.19. The Morgan fingerprint density at radius 3 is 2.59 bits per heavy atom. The summed E-state index contributed by atoms with van der Waals surface area (Å²) in [6.45, 7) is 0. The van der Waals surface area contributed by atoms with Gasteiger partial charge in [-0.3, -0.25) is 15.0 Å². The Balaban J connectivity index is 2.08. The van der Waals surface area contributed by atoms with E-state index in [1.54, 1.807) is 48.5 Å². The highest BCUT2D eigenvalue weighted by atomic mass is 79.9. The number of rotatable bonds is 2. The van der Waals surface area contributed by atoms with Crippen molar-refractivity contribution in [3.8, 4) is 0 Å². The van der Waals surface area contributed by atoms with Crippen molar-refractivity contribution in [1.82, 2.24) is 9.66 Å².